The normalized spacial score (nSPS) is 11.8. The van der Waals surface area contributed by atoms with Crippen LogP contribution in [0.25, 0.3) is 0 Å². The number of aryl methyl sites for hydroxylation is 1. The molecule has 0 saturated heterocycles. The number of hydrogen-bond acceptors (Lipinski definition) is 4. The maximum atomic E-state index is 12.5. The Morgan fingerprint density at radius 2 is 1.89 bits per heavy atom. The second kappa shape index (κ2) is 8.89. The molecule has 0 aliphatic carbocycles. The molecule has 0 fully saturated rings. The van der Waals surface area contributed by atoms with Gasteiger partial charge in [0.15, 0.2) is 6.61 Å². The molecule has 0 saturated carbocycles. The van der Waals surface area contributed by atoms with E-state index in [0.29, 0.717) is 5.56 Å². The first kappa shape index (κ1) is 19.9. The highest BCUT2D eigenvalue weighted by atomic mass is 32.1. The van der Waals surface area contributed by atoms with Crippen molar-refractivity contribution in [2.45, 2.75) is 33.4 Å². The molecule has 5 nitrogen and oxygen atoms in total. The van der Waals surface area contributed by atoms with E-state index in [9.17, 15) is 9.59 Å². The molecule has 2 aromatic heterocycles. The standard InChI is InChI=1S/C22H24N2O3S/c1-15-12-20(17(3)24(15)13-19-10-7-11-28-19)22(26)27-14-21(25)23-16(2)18-8-5-4-6-9-18/h4-12,16H,13-14H2,1-3H3,(H,23,25)/t16-/m1/s1. The van der Waals surface area contributed by atoms with Crippen molar-refractivity contribution in [3.8, 4) is 0 Å². The van der Waals surface area contributed by atoms with E-state index in [1.807, 2.05) is 68.6 Å². The van der Waals surface area contributed by atoms with Gasteiger partial charge in [0, 0.05) is 16.3 Å². The average Bonchev–Trinajstić information content (AvgIpc) is 3.30. The fraction of sp³-hybridized carbons (Fsp3) is 0.273. The number of esters is 1. The molecule has 1 amide bonds. The zero-order valence-corrected chi connectivity index (χ0v) is 17.1. The second-order valence-electron chi connectivity index (χ2n) is 6.73. The Kier molecular flexibility index (Phi) is 6.31. The van der Waals surface area contributed by atoms with Crippen LogP contribution in [0, 0.1) is 13.8 Å². The summed E-state index contributed by atoms with van der Waals surface area (Å²) in [6, 6.07) is 15.4. The average molecular weight is 397 g/mol. The van der Waals surface area contributed by atoms with Crippen molar-refractivity contribution in [2.75, 3.05) is 6.61 Å². The molecule has 2 heterocycles. The molecule has 28 heavy (non-hydrogen) atoms. The number of nitrogens with one attached hydrogen (secondary N) is 1. The second-order valence-corrected chi connectivity index (χ2v) is 7.76. The van der Waals surface area contributed by atoms with Gasteiger partial charge >= 0.3 is 5.97 Å². The molecule has 146 valence electrons. The minimum atomic E-state index is -0.479. The van der Waals surface area contributed by atoms with Crippen molar-refractivity contribution in [1.29, 1.82) is 0 Å². The summed E-state index contributed by atoms with van der Waals surface area (Å²) in [5, 5.41) is 4.88. The van der Waals surface area contributed by atoms with Crippen molar-refractivity contribution in [2.24, 2.45) is 0 Å². The largest absolute Gasteiger partial charge is 0.452 e. The number of hydrogen-bond donors (Lipinski definition) is 1. The third-order valence-electron chi connectivity index (χ3n) is 4.70. The van der Waals surface area contributed by atoms with Gasteiger partial charge < -0.3 is 14.6 Å². The quantitative estimate of drug-likeness (QED) is 0.608. The van der Waals surface area contributed by atoms with E-state index in [0.717, 1.165) is 23.5 Å². The van der Waals surface area contributed by atoms with Gasteiger partial charge in [0.05, 0.1) is 18.2 Å². The van der Waals surface area contributed by atoms with Crippen LogP contribution in [0.15, 0.2) is 53.9 Å². The topological polar surface area (TPSA) is 60.3 Å². The summed E-state index contributed by atoms with van der Waals surface area (Å²) in [4.78, 5) is 25.8. The van der Waals surface area contributed by atoms with Gasteiger partial charge in [-0.15, -0.1) is 11.3 Å². The predicted octanol–water partition coefficient (Wildman–Crippen LogP) is 4.25. The van der Waals surface area contributed by atoms with E-state index < -0.39 is 5.97 Å². The summed E-state index contributed by atoms with van der Waals surface area (Å²) in [6.07, 6.45) is 0. The molecular formula is C22H24N2O3S. The van der Waals surface area contributed by atoms with Gasteiger partial charge in [-0.25, -0.2) is 4.79 Å². The van der Waals surface area contributed by atoms with E-state index in [2.05, 4.69) is 16.0 Å². The summed E-state index contributed by atoms with van der Waals surface area (Å²) in [5.74, 6) is -0.801. The van der Waals surface area contributed by atoms with E-state index in [4.69, 9.17) is 4.74 Å². The zero-order valence-electron chi connectivity index (χ0n) is 16.3. The highest BCUT2D eigenvalue weighted by Crippen LogP contribution is 2.20. The molecule has 3 aromatic rings. The smallest absolute Gasteiger partial charge is 0.340 e. The Morgan fingerprint density at radius 3 is 2.57 bits per heavy atom. The maximum Gasteiger partial charge on any atom is 0.340 e. The number of nitrogens with zero attached hydrogens (tertiary/aromatic N) is 1. The molecule has 0 unspecified atom stereocenters. The monoisotopic (exact) mass is 396 g/mol. The van der Waals surface area contributed by atoms with Gasteiger partial charge in [0.2, 0.25) is 0 Å². The predicted molar refractivity (Wildman–Crippen MR) is 111 cm³/mol. The lowest BCUT2D eigenvalue weighted by Gasteiger charge is -2.14. The zero-order chi connectivity index (χ0) is 20.1. The van der Waals surface area contributed by atoms with Gasteiger partial charge in [0.25, 0.3) is 5.91 Å². The van der Waals surface area contributed by atoms with Crippen LogP contribution in [-0.4, -0.2) is 23.1 Å². The van der Waals surface area contributed by atoms with E-state index in [-0.39, 0.29) is 18.6 Å². The Labute approximate surface area is 169 Å². The molecule has 0 aliphatic rings. The number of thiophene rings is 1. The summed E-state index contributed by atoms with van der Waals surface area (Å²) in [7, 11) is 0. The van der Waals surface area contributed by atoms with Crippen LogP contribution in [0.5, 0.6) is 0 Å². The van der Waals surface area contributed by atoms with Crippen LogP contribution < -0.4 is 5.32 Å². The molecular weight excluding hydrogens is 372 g/mol. The molecule has 3 rings (SSSR count). The van der Waals surface area contributed by atoms with Crippen molar-refractivity contribution < 1.29 is 14.3 Å². The number of amides is 1. The number of carbonyl (C=O) groups is 2. The molecule has 1 N–H and O–H groups in total. The maximum absolute atomic E-state index is 12.5. The first-order valence-electron chi connectivity index (χ1n) is 9.16. The van der Waals surface area contributed by atoms with Crippen molar-refractivity contribution in [1.82, 2.24) is 9.88 Å². The highest BCUT2D eigenvalue weighted by Gasteiger charge is 2.19. The Hall–Kier alpha value is -2.86. The first-order valence-corrected chi connectivity index (χ1v) is 10.0. The molecule has 0 aliphatic heterocycles. The van der Waals surface area contributed by atoms with Crippen LogP contribution in [0.2, 0.25) is 0 Å². The minimum Gasteiger partial charge on any atom is -0.452 e. The first-order chi connectivity index (χ1) is 13.5. The Morgan fingerprint density at radius 1 is 1.14 bits per heavy atom. The molecule has 1 atom stereocenters. The Bertz CT molecular complexity index is 946. The molecule has 0 spiro atoms. The summed E-state index contributed by atoms with van der Waals surface area (Å²) in [6.45, 7) is 6.18. The van der Waals surface area contributed by atoms with Crippen molar-refractivity contribution in [3.63, 3.8) is 0 Å². The Balaban J connectivity index is 1.58. The third kappa shape index (κ3) is 4.70. The molecule has 6 heteroatoms. The fourth-order valence-electron chi connectivity index (χ4n) is 3.13. The SMILES string of the molecule is Cc1cc(C(=O)OCC(=O)N[C@H](C)c2ccccc2)c(C)n1Cc1cccs1. The highest BCUT2D eigenvalue weighted by molar-refractivity contribution is 7.09. The fourth-order valence-corrected chi connectivity index (χ4v) is 3.82. The lowest BCUT2D eigenvalue weighted by atomic mass is 10.1. The third-order valence-corrected chi connectivity index (χ3v) is 5.56. The molecule has 0 bridgehead atoms. The van der Waals surface area contributed by atoms with Crippen LogP contribution in [0.3, 0.4) is 0 Å². The minimum absolute atomic E-state index is 0.150. The van der Waals surface area contributed by atoms with E-state index in [1.165, 1.54) is 4.88 Å². The van der Waals surface area contributed by atoms with E-state index >= 15 is 0 Å². The van der Waals surface area contributed by atoms with Gasteiger partial charge in [-0.1, -0.05) is 36.4 Å². The van der Waals surface area contributed by atoms with Crippen LogP contribution >= 0.6 is 11.3 Å². The van der Waals surface area contributed by atoms with Crippen molar-refractivity contribution in [3.05, 3.63) is 81.3 Å². The molecule has 1 aromatic carbocycles. The molecule has 0 radical (unpaired) electrons. The van der Waals surface area contributed by atoms with E-state index in [1.54, 1.807) is 11.3 Å². The number of rotatable bonds is 7. The van der Waals surface area contributed by atoms with Crippen LogP contribution in [0.1, 0.15) is 45.2 Å². The number of aromatic nitrogens is 1. The summed E-state index contributed by atoms with van der Waals surface area (Å²) < 4.78 is 7.33. The number of ether oxygens (including phenoxy) is 1. The van der Waals surface area contributed by atoms with Crippen LogP contribution in [-0.2, 0) is 16.1 Å². The van der Waals surface area contributed by atoms with Gasteiger partial charge in [0.1, 0.15) is 0 Å². The van der Waals surface area contributed by atoms with Crippen molar-refractivity contribution >= 4 is 23.2 Å². The lowest BCUT2D eigenvalue weighted by molar-refractivity contribution is -0.124. The summed E-state index contributed by atoms with van der Waals surface area (Å²) >= 11 is 1.68. The number of benzene rings is 1. The van der Waals surface area contributed by atoms with Crippen LogP contribution in [0.4, 0.5) is 0 Å². The summed E-state index contributed by atoms with van der Waals surface area (Å²) in [5.41, 5.74) is 3.33. The van der Waals surface area contributed by atoms with Gasteiger partial charge in [-0.05, 0) is 43.8 Å². The van der Waals surface area contributed by atoms with Gasteiger partial charge in [-0.2, -0.15) is 0 Å². The van der Waals surface area contributed by atoms with Gasteiger partial charge in [-0.3, -0.25) is 4.79 Å². The lowest BCUT2D eigenvalue weighted by Crippen LogP contribution is -2.31. The number of carbonyl (C=O) groups excluding carboxylic acids is 2.